The van der Waals surface area contributed by atoms with Gasteiger partial charge in [0.2, 0.25) is 0 Å². The fourth-order valence-corrected chi connectivity index (χ4v) is 2.35. The van der Waals surface area contributed by atoms with Crippen LogP contribution < -0.4 is 5.32 Å². The van der Waals surface area contributed by atoms with Crippen LogP contribution in [0.2, 0.25) is 0 Å². The molecular weight excluding hydrogens is 266 g/mol. The molecule has 21 heavy (non-hydrogen) atoms. The molecule has 0 bridgehead atoms. The van der Waals surface area contributed by atoms with Crippen LogP contribution in [-0.2, 0) is 4.79 Å². The molecular formula is C16H19N3O2. The number of hydrogen-bond donors (Lipinski definition) is 1. The lowest BCUT2D eigenvalue weighted by atomic mass is 9.99. The van der Waals surface area contributed by atoms with Gasteiger partial charge in [0, 0.05) is 13.0 Å². The minimum absolute atomic E-state index is 0.241. The third-order valence-corrected chi connectivity index (χ3v) is 3.63. The average Bonchev–Trinajstić information content (AvgIpc) is 2.75. The lowest BCUT2D eigenvalue weighted by Crippen LogP contribution is -2.31. The number of hydrogen-bond acceptors (Lipinski definition) is 3. The highest BCUT2D eigenvalue weighted by molar-refractivity contribution is 6.04. The fourth-order valence-electron chi connectivity index (χ4n) is 2.35. The Hall–Kier alpha value is -2.35. The van der Waals surface area contributed by atoms with E-state index in [4.69, 9.17) is 5.26 Å². The van der Waals surface area contributed by atoms with Gasteiger partial charge in [0.05, 0.1) is 6.07 Å². The fraction of sp³-hybridized carbons (Fsp3) is 0.438. The minimum atomic E-state index is -0.610. The molecule has 1 aliphatic rings. The summed E-state index contributed by atoms with van der Waals surface area (Å²) in [6, 6.07) is 8.76. The summed E-state index contributed by atoms with van der Waals surface area (Å²) in [5, 5.41) is 11.2. The molecule has 2 rings (SSSR count). The van der Waals surface area contributed by atoms with Crippen LogP contribution in [0.1, 0.15) is 49.8 Å². The highest BCUT2D eigenvalue weighted by Crippen LogP contribution is 2.24. The van der Waals surface area contributed by atoms with Gasteiger partial charge >= 0.3 is 6.03 Å². The van der Waals surface area contributed by atoms with Crippen LogP contribution in [-0.4, -0.2) is 23.4 Å². The van der Waals surface area contributed by atoms with Crippen molar-refractivity contribution >= 4 is 11.9 Å². The SMILES string of the molecule is CC(C)c1ccc(C2NC(=O)N(CCCC#N)C2=O)cc1. The molecule has 3 amide bonds. The summed E-state index contributed by atoms with van der Waals surface area (Å²) >= 11 is 0. The van der Waals surface area contributed by atoms with E-state index in [1.54, 1.807) is 0 Å². The van der Waals surface area contributed by atoms with Gasteiger partial charge in [-0.15, -0.1) is 0 Å². The first-order chi connectivity index (χ1) is 10.0. The van der Waals surface area contributed by atoms with E-state index in [1.165, 1.54) is 10.5 Å². The number of amides is 3. The largest absolute Gasteiger partial charge is 0.325 e. The van der Waals surface area contributed by atoms with Crippen molar-refractivity contribution in [2.24, 2.45) is 0 Å². The Bertz CT molecular complexity index is 572. The van der Waals surface area contributed by atoms with Crippen molar-refractivity contribution in [3.63, 3.8) is 0 Å². The van der Waals surface area contributed by atoms with Crippen molar-refractivity contribution in [2.45, 2.75) is 38.6 Å². The first kappa shape index (κ1) is 15.0. The number of urea groups is 1. The quantitative estimate of drug-likeness (QED) is 0.667. The van der Waals surface area contributed by atoms with Crippen LogP contribution in [0.15, 0.2) is 24.3 Å². The van der Waals surface area contributed by atoms with Crippen LogP contribution in [0, 0.1) is 11.3 Å². The summed E-state index contributed by atoms with van der Waals surface area (Å²) in [5.41, 5.74) is 1.99. The first-order valence-corrected chi connectivity index (χ1v) is 7.13. The molecule has 1 atom stereocenters. The van der Waals surface area contributed by atoms with Gasteiger partial charge < -0.3 is 5.32 Å². The standard InChI is InChI=1S/C16H19N3O2/c1-11(2)12-5-7-13(8-6-12)14-15(20)19(16(21)18-14)10-4-3-9-17/h5-8,11,14H,3-4,10H2,1-2H3,(H,18,21). The molecule has 1 heterocycles. The predicted octanol–water partition coefficient (Wildman–Crippen LogP) is 2.71. The van der Waals surface area contributed by atoms with Crippen molar-refractivity contribution in [3.8, 4) is 6.07 Å². The summed E-state index contributed by atoms with van der Waals surface area (Å²) in [6.07, 6.45) is 0.847. The molecule has 1 aromatic rings. The molecule has 5 nitrogen and oxygen atoms in total. The molecule has 1 aromatic carbocycles. The van der Waals surface area contributed by atoms with E-state index in [-0.39, 0.29) is 11.9 Å². The maximum absolute atomic E-state index is 12.3. The van der Waals surface area contributed by atoms with Crippen molar-refractivity contribution in [1.82, 2.24) is 10.2 Å². The van der Waals surface area contributed by atoms with Crippen LogP contribution >= 0.6 is 0 Å². The number of imide groups is 1. The van der Waals surface area contributed by atoms with E-state index < -0.39 is 6.04 Å². The number of nitriles is 1. The monoisotopic (exact) mass is 285 g/mol. The Morgan fingerprint density at radius 3 is 2.52 bits per heavy atom. The summed E-state index contributed by atoms with van der Waals surface area (Å²) in [5.74, 6) is 0.186. The van der Waals surface area contributed by atoms with Gasteiger partial charge in [-0.25, -0.2) is 4.79 Å². The Morgan fingerprint density at radius 1 is 1.29 bits per heavy atom. The number of carbonyl (C=O) groups is 2. The summed E-state index contributed by atoms with van der Waals surface area (Å²) in [7, 11) is 0. The molecule has 1 fully saturated rings. The molecule has 0 aliphatic carbocycles. The van der Waals surface area contributed by atoms with Crippen molar-refractivity contribution in [3.05, 3.63) is 35.4 Å². The summed E-state index contributed by atoms with van der Waals surface area (Å²) < 4.78 is 0. The molecule has 1 saturated heterocycles. The van der Waals surface area contributed by atoms with Crippen molar-refractivity contribution in [1.29, 1.82) is 5.26 Å². The number of rotatable bonds is 5. The Balaban J connectivity index is 2.09. The summed E-state index contributed by atoms with van der Waals surface area (Å²) in [4.78, 5) is 25.3. The van der Waals surface area contributed by atoms with E-state index in [2.05, 4.69) is 19.2 Å². The molecule has 1 N–H and O–H groups in total. The van der Waals surface area contributed by atoms with E-state index in [0.717, 1.165) is 5.56 Å². The highest BCUT2D eigenvalue weighted by Gasteiger charge is 2.38. The average molecular weight is 285 g/mol. The van der Waals surface area contributed by atoms with Gasteiger partial charge in [-0.3, -0.25) is 9.69 Å². The molecule has 110 valence electrons. The van der Waals surface area contributed by atoms with Gasteiger partial charge in [0.1, 0.15) is 6.04 Å². The van der Waals surface area contributed by atoms with Crippen molar-refractivity contribution < 1.29 is 9.59 Å². The first-order valence-electron chi connectivity index (χ1n) is 7.13. The molecule has 0 spiro atoms. The normalized spacial score (nSPS) is 18.0. The van der Waals surface area contributed by atoms with Gasteiger partial charge in [0.15, 0.2) is 0 Å². The zero-order chi connectivity index (χ0) is 15.4. The number of nitrogens with zero attached hydrogens (tertiary/aromatic N) is 2. The molecule has 0 aromatic heterocycles. The Labute approximate surface area is 124 Å². The van der Waals surface area contributed by atoms with Gasteiger partial charge in [-0.2, -0.15) is 5.26 Å². The third kappa shape index (κ3) is 3.22. The van der Waals surface area contributed by atoms with Gasteiger partial charge in [-0.05, 0) is 23.5 Å². The third-order valence-electron chi connectivity index (χ3n) is 3.63. The Morgan fingerprint density at radius 2 is 1.95 bits per heavy atom. The maximum atomic E-state index is 12.3. The second kappa shape index (κ2) is 6.40. The zero-order valence-electron chi connectivity index (χ0n) is 12.3. The van der Waals surface area contributed by atoms with Crippen LogP contribution in [0.5, 0.6) is 0 Å². The van der Waals surface area contributed by atoms with Gasteiger partial charge in [-0.1, -0.05) is 38.1 Å². The molecule has 1 aliphatic heterocycles. The zero-order valence-corrected chi connectivity index (χ0v) is 12.3. The maximum Gasteiger partial charge on any atom is 0.325 e. The topological polar surface area (TPSA) is 73.2 Å². The second-order valence-corrected chi connectivity index (χ2v) is 5.46. The van der Waals surface area contributed by atoms with Crippen LogP contribution in [0.3, 0.4) is 0 Å². The number of benzene rings is 1. The predicted molar refractivity (Wildman–Crippen MR) is 78.4 cm³/mol. The number of unbranched alkanes of at least 4 members (excludes halogenated alkanes) is 1. The molecule has 1 unspecified atom stereocenters. The van der Waals surface area contributed by atoms with E-state index in [1.807, 2.05) is 30.3 Å². The number of carbonyl (C=O) groups excluding carboxylic acids is 2. The number of nitrogens with one attached hydrogen (secondary N) is 1. The lowest BCUT2D eigenvalue weighted by Gasteiger charge is -2.12. The van der Waals surface area contributed by atoms with E-state index in [0.29, 0.717) is 25.3 Å². The smallest absolute Gasteiger partial charge is 0.322 e. The molecule has 5 heteroatoms. The second-order valence-electron chi connectivity index (χ2n) is 5.46. The Kier molecular flexibility index (Phi) is 4.59. The van der Waals surface area contributed by atoms with E-state index in [9.17, 15) is 9.59 Å². The van der Waals surface area contributed by atoms with Gasteiger partial charge in [0.25, 0.3) is 5.91 Å². The minimum Gasteiger partial charge on any atom is -0.322 e. The highest BCUT2D eigenvalue weighted by atomic mass is 16.2. The van der Waals surface area contributed by atoms with Crippen LogP contribution in [0.4, 0.5) is 4.79 Å². The van der Waals surface area contributed by atoms with Crippen LogP contribution in [0.25, 0.3) is 0 Å². The molecule has 0 saturated carbocycles. The van der Waals surface area contributed by atoms with E-state index >= 15 is 0 Å². The van der Waals surface area contributed by atoms with Crippen molar-refractivity contribution in [2.75, 3.05) is 6.54 Å². The lowest BCUT2D eigenvalue weighted by molar-refractivity contribution is -0.127. The molecule has 0 radical (unpaired) electrons. The summed E-state index contributed by atoms with van der Waals surface area (Å²) in [6.45, 7) is 4.50.